The Labute approximate surface area is 227 Å². The summed E-state index contributed by atoms with van der Waals surface area (Å²) in [5.41, 5.74) is 1.77. The van der Waals surface area contributed by atoms with Gasteiger partial charge in [0.25, 0.3) is 0 Å². The minimum atomic E-state index is -4.47. The standard InChI is InChI=1S/C30H36F3N3O3/c1-19-15-22(17-23(16-19)30(31,32)33)21(3)34(4)28(38)36-12-11-35-25(26(36)24-8-6-5-7-20(24)2)18-29(27(35)37)9-13-39-14-10-29/h5-8,15-17,21,25-26H,9-14,18H2,1-4H3/t21-,25+,26+/m1/s1. The first-order valence-electron chi connectivity index (χ1n) is 13.6. The van der Waals surface area contributed by atoms with Gasteiger partial charge >= 0.3 is 12.2 Å². The summed E-state index contributed by atoms with van der Waals surface area (Å²) < 4.78 is 46.1. The molecule has 210 valence electrons. The fourth-order valence-electron chi connectivity index (χ4n) is 6.66. The molecular weight excluding hydrogens is 507 g/mol. The van der Waals surface area contributed by atoms with Crippen molar-refractivity contribution < 1.29 is 27.5 Å². The number of aryl methyl sites for hydroxylation is 2. The van der Waals surface area contributed by atoms with Gasteiger partial charge in [-0.05, 0) is 68.9 Å². The van der Waals surface area contributed by atoms with Gasteiger partial charge in [0.05, 0.1) is 29.1 Å². The highest BCUT2D eigenvalue weighted by molar-refractivity contribution is 5.86. The Morgan fingerprint density at radius 1 is 1.10 bits per heavy atom. The molecule has 5 rings (SSSR count). The molecule has 3 heterocycles. The van der Waals surface area contributed by atoms with E-state index in [2.05, 4.69) is 0 Å². The third-order valence-electron chi connectivity index (χ3n) is 8.99. The molecule has 0 bridgehead atoms. The Morgan fingerprint density at radius 2 is 1.79 bits per heavy atom. The van der Waals surface area contributed by atoms with Gasteiger partial charge in [-0.1, -0.05) is 35.9 Å². The minimum Gasteiger partial charge on any atom is -0.381 e. The number of halogens is 3. The number of rotatable bonds is 3. The number of amides is 3. The van der Waals surface area contributed by atoms with Crippen LogP contribution in [0.2, 0.25) is 0 Å². The summed E-state index contributed by atoms with van der Waals surface area (Å²) in [4.78, 5) is 33.1. The molecule has 3 amide bonds. The molecule has 0 aromatic heterocycles. The molecule has 0 radical (unpaired) electrons. The average molecular weight is 544 g/mol. The minimum absolute atomic E-state index is 0.155. The van der Waals surface area contributed by atoms with Crippen LogP contribution in [0.15, 0.2) is 42.5 Å². The first-order chi connectivity index (χ1) is 18.4. The second-order valence-corrected chi connectivity index (χ2v) is 11.4. The van der Waals surface area contributed by atoms with Crippen LogP contribution in [0.5, 0.6) is 0 Å². The molecule has 3 aliphatic heterocycles. The van der Waals surface area contributed by atoms with E-state index >= 15 is 0 Å². The third kappa shape index (κ3) is 4.90. The summed E-state index contributed by atoms with van der Waals surface area (Å²) in [5.74, 6) is 0.155. The van der Waals surface area contributed by atoms with Crippen LogP contribution in [0.25, 0.3) is 0 Å². The molecule has 2 aromatic carbocycles. The Kier molecular flexibility index (Phi) is 7.16. The summed E-state index contributed by atoms with van der Waals surface area (Å²) in [7, 11) is 1.64. The van der Waals surface area contributed by atoms with Crippen molar-refractivity contribution in [3.05, 3.63) is 70.3 Å². The van der Waals surface area contributed by atoms with Gasteiger partial charge in [-0.3, -0.25) is 4.79 Å². The van der Waals surface area contributed by atoms with Crippen LogP contribution in [-0.2, 0) is 15.7 Å². The van der Waals surface area contributed by atoms with Gasteiger partial charge in [-0.25, -0.2) is 4.79 Å². The summed E-state index contributed by atoms with van der Waals surface area (Å²) in [5, 5.41) is 0. The molecule has 0 unspecified atom stereocenters. The van der Waals surface area contributed by atoms with Crippen molar-refractivity contribution in [3.8, 4) is 0 Å². The van der Waals surface area contributed by atoms with Crippen molar-refractivity contribution >= 4 is 11.9 Å². The lowest BCUT2D eigenvalue weighted by Crippen LogP contribution is -2.57. The predicted octanol–water partition coefficient (Wildman–Crippen LogP) is 5.89. The van der Waals surface area contributed by atoms with Crippen LogP contribution in [-0.4, -0.2) is 66.0 Å². The third-order valence-corrected chi connectivity index (χ3v) is 8.99. The number of carbonyl (C=O) groups excluding carboxylic acids is 2. The summed E-state index contributed by atoms with van der Waals surface area (Å²) in [6, 6.07) is 10.5. The van der Waals surface area contributed by atoms with Crippen LogP contribution in [0.1, 0.15) is 66.1 Å². The molecule has 1 spiro atoms. The normalized spacial score (nSPS) is 23.6. The molecule has 0 aliphatic carbocycles. The number of piperazine rings is 1. The maximum atomic E-state index is 14.1. The van der Waals surface area contributed by atoms with Crippen LogP contribution in [0.4, 0.5) is 18.0 Å². The van der Waals surface area contributed by atoms with Crippen molar-refractivity contribution in [1.29, 1.82) is 0 Å². The summed E-state index contributed by atoms with van der Waals surface area (Å²) in [6.45, 7) is 7.29. The zero-order valence-electron chi connectivity index (χ0n) is 22.9. The van der Waals surface area contributed by atoms with E-state index in [1.54, 1.807) is 27.0 Å². The number of urea groups is 1. The smallest absolute Gasteiger partial charge is 0.381 e. The van der Waals surface area contributed by atoms with Gasteiger partial charge in [0.15, 0.2) is 0 Å². The van der Waals surface area contributed by atoms with Gasteiger partial charge in [0.1, 0.15) is 0 Å². The van der Waals surface area contributed by atoms with Gasteiger partial charge in [0.2, 0.25) is 5.91 Å². The van der Waals surface area contributed by atoms with Gasteiger partial charge < -0.3 is 19.4 Å². The molecular formula is C30H36F3N3O3. The molecule has 0 saturated carbocycles. The Hall–Kier alpha value is -3.07. The van der Waals surface area contributed by atoms with Crippen LogP contribution in [0.3, 0.4) is 0 Å². The van der Waals surface area contributed by atoms with Gasteiger partial charge in [-0.15, -0.1) is 0 Å². The van der Waals surface area contributed by atoms with E-state index in [1.807, 2.05) is 41.0 Å². The Bertz CT molecular complexity index is 1260. The molecule has 2 aromatic rings. The van der Waals surface area contributed by atoms with Crippen molar-refractivity contribution in [1.82, 2.24) is 14.7 Å². The highest BCUT2D eigenvalue weighted by atomic mass is 19.4. The van der Waals surface area contributed by atoms with E-state index in [4.69, 9.17) is 4.74 Å². The van der Waals surface area contributed by atoms with E-state index < -0.39 is 23.2 Å². The zero-order chi connectivity index (χ0) is 28.1. The summed E-state index contributed by atoms with van der Waals surface area (Å²) >= 11 is 0. The number of benzene rings is 2. The number of alkyl halides is 3. The molecule has 3 aliphatic rings. The van der Waals surface area contributed by atoms with E-state index in [-0.39, 0.29) is 24.0 Å². The lowest BCUT2D eigenvalue weighted by Gasteiger charge is -2.47. The van der Waals surface area contributed by atoms with Crippen molar-refractivity contribution in [2.45, 2.75) is 64.3 Å². The molecule has 39 heavy (non-hydrogen) atoms. The van der Waals surface area contributed by atoms with E-state index in [9.17, 15) is 22.8 Å². The van der Waals surface area contributed by atoms with Gasteiger partial charge in [0, 0.05) is 33.4 Å². The second kappa shape index (κ2) is 10.2. The SMILES string of the molecule is Cc1cc([C@@H](C)N(C)C(=O)N2CCN3C(=O)C4(CCOCC4)C[C@H]3[C@@H]2c2ccccc2C)cc(C(F)(F)F)c1. The predicted molar refractivity (Wildman–Crippen MR) is 141 cm³/mol. The Morgan fingerprint density at radius 3 is 2.46 bits per heavy atom. The number of hydrogen-bond acceptors (Lipinski definition) is 3. The fraction of sp³-hybridized carbons (Fsp3) is 0.533. The van der Waals surface area contributed by atoms with Crippen molar-refractivity contribution in [3.63, 3.8) is 0 Å². The monoisotopic (exact) mass is 543 g/mol. The van der Waals surface area contributed by atoms with Crippen LogP contribution < -0.4 is 0 Å². The van der Waals surface area contributed by atoms with E-state index in [0.717, 1.165) is 23.3 Å². The summed E-state index contributed by atoms with van der Waals surface area (Å²) in [6.07, 6.45) is -2.45. The maximum Gasteiger partial charge on any atom is 0.416 e. The number of hydrogen-bond donors (Lipinski definition) is 0. The quantitative estimate of drug-likeness (QED) is 0.485. The van der Waals surface area contributed by atoms with E-state index in [0.29, 0.717) is 56.7 Å². The lowest BCUT2D eigenvalue weighted by atomic mass is 9.76. The molecule has 6 nitrogen and oxygen atoms in total. The zero-order valence-corrected chi connectivity index (χ0v) is 22.9. The molecule has 3 fully saturated rings. The largest absolute Gasteiger partial charge is 0.416 e. The number of ether oxygens (including phenoxy) is 1. The Balaban J connectivity index is 1.48. The number of carbonyl (C=O) groups is 2. The molecule has 0 N–H and O–H groups in total. The van der Waals surface area contributed by atoms with Crippen molar-refractivity contribution in [2.75, 3.05) is 33.4 Å². The van der Waals surface area contributed by atoms with E-state index in [1.165, 1.54) is 4.90 Å². The fourth-order valence-corrected chi connectivity index (χ4v) is 6.66. The van der Waals surface area contributed by atoms with Crippen molar-refractivity contribution in [2.24, 2.45) is 5.41 Å². The molecule has 3 atom stereocenters. The van der Waals surface area contributed by atoms with Crippen LogP contribution in [0, 0.1) is 19.3 Å². The second-order valence-electron chi connectivity index (χ2n) is 11.4. The highest BCUT2D eigenvalue weighted by Gasteiger charge is 2.57. The highest BCUT2D eigenvalue weighted by Crippen LogP contribution is 2.50. The average Bonchev–Trinajstić information content (AvgIpc) is 3.17. The van der Waals surface area contributed by atoms with Crippen LogP contribution >= 0.6 is 0 Å². The maximum absolute atomic E-state index is 14.1. The molecule has 3 saturated heterocycles. The topological polar surface area (TPSA) is 53.1 Å². The lowest BCUT2D eigenvalue weighted by molar-refractivity contribution is -0.142. The molecule has 9 heteroatoms. The van der Waals surface area contributed by atoms with Gasteiger partial charge in [-0.2, -0.15) is 13.2 Å². The first-order valence-corrected chi connectivity index (χ1v) is 13.6. The first kappa shape index (κ1) is 27.5. The number of fused-ring (bicyclic) bond motifs is 1. The number of nitrogens with zero attached hydrogens (tertiary/aromatic N) is 3.